The number of amides is 1. The first kappa shape index (κ1) is 18.6. The minimum absolute atomic E-state index is 0.148. The normalized spacial score (nSPS) is 12.5. The molecular weight excluding hydrogens is 292 g/mol. The van der Waals surface area contributed by atoms with E-state index >= 15 is 0 Å². The van der Waals surface area contributed by atoms with Gasteiger partial charge in [-0.25, -0.2) is 4.78 Å². The summed E-state index contributed by atoms with van der Waals surface area (Å²) in [7, 11) is 0.342. The summed E-state index contributed by atoms with van der Waals surface area (Å²) in [6.07, 6.45) is 5.67. The Hall–Kier alpha value is -1.49. The average Bonchev–Trinajstić information content (AvgIpc) is 2.54. The van der Waals surface area contributed by atoms with Crippen LogP contribution >= 0.6 is 0 Å². The number of nitrogens with zero attached hydrogens (tertiary/aromatic N) is 2. The lowest BCUT2D eigenvalue weighted by molar-refractivity contribution is 0.0986. The average molecular weight is 318 g/mol. The molecule has 0 saturated heterocycles. The number of benzene rings is 1. The van der Waals surface area contributed by atoms with Crippen LogP contribution in [0, 0.1) is 0 Å². The molecule has 0 aromatic heterocycles. The molecule has 0 heterocycles. The van der Waals surface area contributed by atoms with Gasteiger partial charge in [0, 0.05) is 0 Å². The third-order valence-electron chi connectivity index (χ3n) is 3.37. The minimum atomic E-state index is -0.319. The first-order chi connectivity index (χ1) is 10.7. The second kappa shape index (κ2) is 11.1. The van der Waals surface area contributed by atoms with Crippen LogP contribution in [0.5, 0.6) is 5.75 Å². The van der Waals surface area contributed by atoms with Crippen molar-refractivity contribution >= 4 is 15.6 Å². The Morgan fingerprint density at radius 2 is 2.00 bits per heavy atom. The molecule has 1 aromatic carbocycles. The summed E-state index contributed by atoms with van der Waals surface area (Å²) in [6.45, 7) is 6.32. The molecule has 0 aliphatic carbocycles. The molecule has 120 valence electrons. The highest BCUT2D eigenvalue weighted by atomic mass is 28.2. The van der Waals surface area contributed by atoms with Crippen LogP contribution in [-0.2, 0) is 0 Å². The van der Waals surface area contributed by atoms with Crippen LogP contribution < -0.4 is 4.74 Å². The van der Waals surface area contributed by atoms with Crippen LogP contribution in [-0.4, -0.2) is 21.7 Å². The molecule has 0 aliphatic heterocycles. The van der Waals surface area contributed by atoms with E-state index in [0.717, 1.165) is 25.3 Å². The smallest absolute Gasteiger partial charge is 0.297 e. The maximum atomic E-state index is 12.1. The van der Waals surface area contributed by atoms with Crippen LogP contribution in [0.4, 0.5) is 0 Å². The predicted molar refractivity (Wildman–Crippen MR) is 90.7 cm³/mol. The van der Waals surface area contributed by atoms with Gasteiger partial charge in [-0.1, -0.05) is 45.7 Å². The molecule has 1 atom stereocenters. The van der Waals surface area contributed by atoms with Crippen molar-refractivity contribution in [2.75, 3.05) is 0 Å². The topological polar surface area (TPSA) is 51.0 Å². The summed E-state index contributed by atoms with van der Waals surface area (Å²) in [4.78, 5) is 12.1. The molecule has 1 unspecified atom stereocenters. The van der Waals surface area contributed by atoms with E-state index in [1.54, 1.807) is 6.07 Å². The molecule has 0 spiro atoms. The lowest BCUT2D eigenvalue weighted by Crippen LogP contribution is -2.16. The maximum Gasteiger partial charge on any atom is 0.297 e. The van der Waals surface area contributed by atoms with Gasteiger partial charge >= 0.3 is 0 Å². The molecule has 2 radical (unpaired) electrons. The number of hydrogen-bond donors (Lipinski definition) is 0. The van der Waals surface area contributed by atoms with Crippen LogP contribution in [0.25, 0.3) is 0 Å². The standard InChI is InChI=1S/C17H26N2O2Si/c1-4-7-8-11-14(5-2)21-16-13-10-9-12-15(16)17(20)18-19-22-6-3/h9-10,12-14H,4-8,11H2,1-3H3. The summed E-state index contributed by atoms with van der Waals surface area (Å²) >= 11 is 0. The Balaban J connectivity index is 2.75. The van der Waals surface area contributed by atoms with Gasteiger partial charge in [-0.05, 0) is 37.4 Å². The van der Waals surface area contributed by atoms with Gasteiger partial charge < -0.3 is 4.74 Å². The highest BCUT2D eigenvalue weighted by Crippen LogP contribution is 2.23. The molecule has 0 saturated carbocycles. The van der Waals surface area contributed by atoms with Crippen molar-refractivity contribution in [2.45, 2.75) is 65.0 Å². The first-order valence-corrected chi connectivity index (χ1v) is 9.31. The number of carbonyl (C=O) groups is 1. The van der Waals surface area contributed by atoms with E-state index in [-0.39, 0.29) is 12.0 Å². The summed E-state index contributed by atoms with van der Waals surface area (Å²) < 4.78 is 9.96. The summed E-state index contributed by atoms with van der Waals surface area (Å²) in [5, 5.41) is 3.77. The summed E-state index contributed by atoms with van der Waals surface area (Å²) in [5.74, 6) is 0.301. The predicted octanol–water partition coefficient (Wildman–Crippen LogP) is 5.07. The third kappa shape index (κ3) is 6.51. The van der Waals surface area contributed by atoms with Crippen molar-refractivity contribution in [3.63, 3.8) is 0 Å². The van der Waals surface area contributed by atoms with Gasteiger partial charge in [0.25, 0.3) is 5.91 Å². The third-order valence-corrected chi connectivity index (χ3v) is 3.92. The fourth-order valence-electron chi connectivity index (χ4n) is 2.10. The molecule has 1 rings (SSSR count). The number of para-hydroxylation sites is 1. The fourth-order valence-corrected chi connectivity index (χ4v) is 2.40. The van der Waals surface area contributed by atoms with Crippen LogP contribution in [0.3, 0.4) is 0 Å². The van der Waals surface area contributed by atoms with Gasteiger partial charge in [-0.2, -0.15) is 0 Å². The van der Waals surface area contributed by atoms with Gasteiger partial charge in [-0.3, -0.25) is 4.79 Å². The Morgan fingerprint density at radius 3 is 2.68 bits per heavy atom. The van der Waals surface area contributed by atoms with E-state index in [9.17, 15) is 4.79 Å². The number of carbonyl (C=O) groups excluding carboxylic acids is 1. The lowest BCUT2D eigenvalue weighted by atomic mass is 10.1. The molecule has 0 N–H and O–H groups in total. The van der Waals surface area contributed by atoms with Gasteiger partial charge in [-0.15, -0.1) is 5.11 Å². The largest absolute Gasteiger partial charge is 0.490 e. The molecular formula is C17H26N2O2Si. The number of unbranched alkanes of at least 4 members (excludes halogenated alkanes) is 2. The molecule has 4 nitrogen and oxygen atoms in total. The maximum absolute atomic E-state index is 12.1. The Bertz CT molecular complexity index is 477. The molecule has 1 aromatic rings. The van der Waals surface area contributed by atoms with Crippen LogP contribution in [0.15, 0.2) is 34.2 Å². The van der Waals surface area contributed by atoms with Crippen LogP contribution in [0.2, 0.25) is 6.04 Å². The summed E-state index contributed by atoms with van der Waals surface area (Å²) in [6, 6.07) is 8.22. The molecule has 0 bridgehead atoms. The quantitative estimate of drug-likeness (QED) is 0.343. The molecule has 0 aliphatic rings. The zero-order chi connectivity index (χ0) is 16.2. The highest BCUT2D eigenvalue weighted by Gasteiger charge is 2.15. The molecule has 0 fully saturated rings. The van der Waals surface area contributed by atoms with Crippen molar-refractivity contribution in [1.29, 1.82) is 0 Å². The van der Waals surface area contributed by atoms with E-state index in [1.807, 2.05) is 25.1 Å². The summed E-state index contributed by atoms with van der Waals surface area (Å²) in [5.41, 5.74) is 0.501. The van der Waals surface area contributed by atoms with Crippen molar-refractivity contribution in [1.82, 2.24) is 0 Å². The monoisotopic (exact) mass is 318 g/mol. The Labute approximate surface area is 136 Å². The zero-order valence-electron chi connectivity index (χ0n) is 13.8. The van der Waals surface area contributed by atoms with E-state index in [4.69, 9.17) is 4.74 Å². The molecule has 1 amide bonds. The number of ether oxygens (including phenoxy) is 1. The van der Waals surface area contributed by atoms with Gasteiger partial charge in [0.05, 0.1) is 11.7 Å². The number of hydrogen-bond acceptors (Lipinski definition) is 3. The van der Waals surface area contributed by atoms with Gasteiger partial charge in [0.1, 0.15) is 5.75 Å². The fraction of sp³-hybridized carbons (Fsp3) is 0.588. The lowest BCUT2D eigenvalue weighted by Gasteiger charge is -2.18. The second-order valence-electron chi connectivity index (χ2n) is 5.16. The van der Waals surface area contributed by atoms with Crippen LogP contribution in [0.1, 0.15) is 63.2 Å². The van der Waals surface area contributed by atoms with Crippen molar-refractivity contribution in [3.8, 4) is 5.75 Å². The Morgan fingerprint density at radius 1 is 1.23 bits per heavy atom. The van der Waals surface area contributed by atoms with Crippen molar-refractivity contribution < 1.29 is 9.53 Å². The van der Waals surface area contributed by atoms with E-state index in [1.165, 1.54) is 12.8 Å². The minimum Gasteiger partial charge on any atom is -0.490 e. The van der Waals surface area contributed by atoms with Crippen molar-refractivity contribution in [2.24, 2.45) is 9.89 Å². The van der Waals surface area contributed by atoms with Crippen molar-refractivity contribution in [3.05, 3.63) is 29.8 Å². The highest BCUT2D eigenvalue weighted by molar-refractivity contribution is 6.32. The van der Waals surface area contributed by atoms with E-state index < -0.39 is 0 Å². The molecule has 5 heteroatoms. The number of rotatable bonds is 10. The van der Waals surface area contributed by atoms with Gasteiger partial charge in [0.15, 0.2) is 0 Å². The van der Waals surface area contributed by atoms with E-state index in [2.05, 4.69) is 23.7 Å². The van der Waals surface area contributed by atoms with Gasteiger partial charge in [0.2, 0.25) is 9.68 Å². The Kier molecular flexibility index (Phi) is 9.38. The first-order valence-electron chi connectivity index (χ1n) is 8.16. The SMILES string of the molecule is CCCCCC(CC)Oc1ccccc1C(=O)N=N[Si]CC. The molecule has 22 heavy (non-hydrogen) atoms. The van der Waals surface area contributed by atoms with E-state index in [0.29, 0.717) is 21.0 Å². The second-order valence-corrected chi connectivity index (χ2v) is 6.38. The zero-order valence-corrected chi connectivity index (χ0v) is 14.8.